The van der Waals surface area contributed by atoms with Crippen molar-refractivity contribution in [1.82, 2.24) is 0 Å². The van der Waals surface area contributed by atoms with Gasteiger partial charge in [-0.25, -0.2) is 4.79 Å². The van der Waals surface area contributed by atoms with E-state index in [1.807, 2.05) is 19.1 Å². The number of phenols is 1. The fraction of sp³-hybridized carbons (Fsp3) is 0.0714. The summed E-state index contributed by atoms with van der Waals surface area (Å²) in [6.07, 6.45) is 0. The van der Waals surface area contributed by atoms with Gasteiger partial charge in [-0.3, -0.25) is 0 Å². The van der Waals surface area contributed by atoms with Crippen molar-refractivity contribution in [2.24, 2.45) is 0 Å². The van der Waals surface area contributed by atoms with E-state index in [-0.39, 0.29) is 17.1 Å². The molecule has 18 heavy (non-hydrogen) atoms. The molecule has 0 saturated carbocycles. The Morgan fingerprint density at radius 1 is 1.17 bits per heavy atom. The van der Waals surface area contributed by atoms with Crippen molar-refractivity contribution in [3.63, 3.8) is 0 Å². The van der Waals surface area contributed by atoms with Crippen LogP contribution in [-0.2, 0) is 0 Å². The third-order valence-corrected chi connectivity index (χ3v) is 2.42. The SMILES string of the molecule is Cc1cccc(Oc2cc(C(=O)O)ccc2O)c1. The summed E-state index contributed by atoms with van der Waals surface area (Å²) in [5.74, 6) is -0.487. The molecule has 2 rings (SSSR count). The van der Waals surface area contributed by atoms with Crippen LogP contribution in [0.5, 0.6) is 17.2 Å². The fourth-order valence-corrected chi connectivity index (χ4v) is 1.53. The van der Waals surface area contributed by atoms with E-state index in [4.69, 9.17) is 9.84 Å². The second-order valence-corrected chi connectivity index (χ2v) is 3.91. The van der Waals surface area contributed by atoms with Gasteiger partial charge < -0.3 is 14.9 Å². The summed E-state index contributed by atoms with van der Waals surface area (Å²) in [7, 11) is 0. The second kappa shape index (κ2) is 4.79. The van der Waals surface area contributed by atoms with E-state index in [0.717, 1.165) is 5.56 Å². The second-order valence-electron chi connectivity index (χ2n) is 3.91. The highest BCUT2D eigenvalue weighted by Crippen LogP contribution is 2.31. The minimum atomic E-state index is -1.07. The summed E-state index contributed by atoms with van der Waals surface area (Å²) >= 11 is 0. The maximum absolute atomic E-state index is 10.8. The number of carboxylic acid groups (broad SMARTS) is 1. The summed E-state index contributed by atoms with van der Waals surface area (Å²) in [4.78, 5) is 10.8. The highest BCUT2D eigenvalue weighted by atomic mass is 16.5. The molecule has 2 N–H and O–H groups in total. The molecule has 0 unspecified atom stereocenters. The number of aromatic hydroxyl groups is 1. The van der Waals surface area contributed by atoms with E-state index in [0.29, 0.717) is 5.75 Å². The summed E-state index contributed by atoms with van der Waals surface area (Å²) in [5.41, 5.74) is 1.08. The van der Waals surface area contributed by atoms with Crippen molar-refractivity contribution in [3.8, 4) is 17.2 Å². The Balaban J connectivity index is 2.33. The van der Waals surface area contributed by atoms with E-state index < -0.39 is 5.97 Å². The Morgan fingerprint density at radius 3 is 2.61 bits per heavy atom. The number of benzene rings is 2. The van der Waals surface area contributed by atoms with E-state index in [2.05, 4.69) is 0 Å². The standard InChI is InChI=1S/C14H12O4/c1-9-3-2-4-11(7-9)18-13-8-10(14(16)17)5-6-12(13)15/h2-8,15H,1H3,(H,16,17). The number of carboxylic acids is 1. The molecule has 0 fully saturated rings. The van der Waals surface area contributed by atoms with Crippen LogP contribution in [0.2, 0.25) is 0 Å². The zero-order chi connectivity index (χ0) is 13.1. The van der Waals surface area contributed by atoms with Crippen molar-refractivity contribution >= 4 is 5.97 Å². The summed E-state index contributed by atoms with van der Waals surface area (Å²) in [6, 6.07) is 11.2. The smallest absolute Gasteiger partial charge is 0.335 e. The lowest BCUT2D eigenvalue weighted by Crippen LogP contribution is -1.96. The molecular weight excluding hydrogens is 232 g/mol. The first-order valence-electron chi connectivity index (χ1n) is 5.37. The number of hydrogen-bond acceptors (Lipinski definition) is 3. The highest BCUT2D eigenvalue weighted by Gasteiger charge is 2.09. The monoisotopic (exact) mass is 244 g/mol. The number of aromatic carboxylic acids is 1. The van der Waals surface area contributed by atoms with Crippen LogP contribution >= 0.6 is 0 Å². The van der Waals surface area contributed by atoms with Crippen molar-refractivity contribution in [2.45, 2.75) is 6.92 Å². The van der Waals surface area contributed by atoms with E-state index >= 15 is 0 Å². The van der Waals surface area contributed by atoms with Crippen molar-refractivity contribution < 1.29 is 19.7 Å². The number of ether oxygens (including phenoxy) is 1. The average molecular weight is 244 g/mol. The molecule has 0 radical (unpaired) electrons. The first-order valence-corrected chi connectivity index (χ1v) is 5.37. The van der Waals surface area contributed by atoms with Gasteiger partial charge in [0.25, 0.3) is 0 Å². The maximum atomic E-state index is 10.8. The van der Waals surface area contributed by atoms with Gasteiger partial charge in [0, 0.05) is 0 Å². The zero-order valence-corrected chi connectivity index (χ0v) is 9.75. The molecule has 0 saturated heterocycles. The van der Waals surface area contributed by atoms with Gasteiger partial charge in [-0.15, -0.1) is 0 Å². The first-order chi connectivity index (χ1) is 8.56. The number of hydrogen-bond donors (Lipinski definition) is 2. The Morgan fingerprint density at radius 2 is 1.94 bits per heavy atom. The van der Waals surface area contributed by atoms with Gasteiger partial charge in [0.05, 0.1) is 5.56 Å². The third kappa shape index (κ3) is 2.60. The van der Waals surface area contributed by atoms with Crippen molar-refractivity contribution in [3.05, 3.63) is 53.6 Å². The lowest BCUT2D eigenvalue weighted by molar-refractivity contribution is 0.0696. The van der Waals surface area contributed by atoms with Gasteiger partial charge in [-0.1, -0.05) is 12.1 Å². The molecule has 2 aromatic carbocycles. The molecule has 4 heteroatoms. The van der Waals surface area contributed by atoms with Crippen LogP contribution in [0.25, 0.3) is 0 Å². The quantitative estimate of drug-likeness (QED) is 0.870. The molecule has 0 spiro atoms. The third-order valence-electron chi connectivity index (χ3n) is 2.42. The van der Waals surface area contributed by atoms with Gasteiger partial charge >= 0.3 is 5.97 Å². The van der Waals surface area contributed by atoms with E-state index in [9.17, 15) is 9.90 Å². The minimum Gasteiger partial charge on any atom is -0.504 e. The van der Waals surface area contributed by atoms with Gasteiger partial charge in [-0.2, -0.15) is 0 Å². The summed E-state index contributed by atoms with van der Waals surface area (Å²) in [6.45, 7) is 1.92. The lowest BCUT2D eigenvalue weighted by Gasteiger charge is -2.08. The van der Waals surface area contributed by atoms with Crippen LogP contribution in [0, 0.1) is 6.92 Å². The number of rotatable bonds is 3. The molecule has 0 bridgehead atoms. The molecule has 0 atom stereocenters. The lowest BCUT2D eigenvalue weighted by atomic mass is 10.2. The molecular formula is C14H12O4. The van der Waals surface area contributed by atoms with Gasteiger partial charge in [0.15, 0.2) is 11.5 Å². The molecule has 92 valence electrons. The average Bonchev–Trinajstić information content (AvgIpc) is 2.31. The Kier molecular flexibility index (Phi) is 3.19. The van der Waals surface area contributed by atoms with Crippen LogP contribution in [0.3, 0.4) is 0 Å². The normalized spacial score (nSPS) is 10.1. The molecule has 0 aliphatic rings. The maximum Gasteiger partial charge on any atom is 0.335 e. The Hall–Kier alpha value is -2.49. The molecule has 0 aliphatic carbocycles. The number of phenolic OH excluding ortho intramolecular Hbond substituents is 1. The summed E-state index contributed by atoms with van der Waals surface area (Å²) in [5, 5.41) is 18.5. The number of aryl methyl sites for hydroxylation is 1. The minimum absolute atomic E-state index is 0.0652. The molecule has 4 nitrogen and oxygen atoms in total. The summed E-state index contributed by atoms with van der Waals surface area (Å²) < 4.78 is 5.47. The first kappa shape index (κ1) is 12.0. The van der Waals surface area contributed by atoms with E-state index in [1.165, 1.54) is 18.2 Å². The van der Waals surface area contributed by atoms with Gasteiger partial charge in [0.2, 0.25) is 0 Å². The molecule has 2 aromatic rings. The predicted octanol–water partition coefficient (Wildman–Crippen LogP) is 3.19. The Bertz CT molecular complexity index is 590. The number of carbonyl (C=O) groups is 1. The van der Waals surface area contributed by atoms with Gasteiger partial charge in [0.1, 0.15) is 5.75 Å². The van der Waals surface area contributed by atoms with E-state index in [1.54, 1.807) is 12.1 Å². The van der Waals surface area contributed by atoms with Crippen molar-refractivity contribution in [2.75, 3.05) is 0 Å². The predicted molar refractivity (Wildman–Crippen MR) is 66.3 cm³/mol. The van der Waals surface area contributed by atoms with Crippen LogP contribution < -0.4 is 4.74 Å². The molecule has 0 aromatic heterocycles. The topological polar surface area (TPSA) is 66.8 Å². The van der Waals surface area contributed by atoms with Crippen LogP contribution in [0.15, 0.2) is 42.5 Å². The van der Waals surface area contributed by atoms with Crippen molar-refractivity contribution in [1.29, 1.82) is 0 Å². The largest absolute Gasteiger partial charge is 0.504 e. The van der Waals surface area contributed by atoms with Crippen LogP contribution in [-0.4, -0.2) is 16.2 Å². The fourth-order valence-electron chi connectivity index (χ4n) is 1.53. The molecule has 0 amide bonds. The van der Waals surface area contributed by atoms with Crippen LogP contribution in [0.4, 0.5) is 0 Å². The highest BCUT2D eigenvalue weighted by molar-refractivity contribution is 5.88. The van der Waals surface area contributed by atoms with Crippen LogP contribution in [0.1, 0.15) is 15.9 Å². The molecule has 0 heterocycles. The Labute approximate surface area is 104 Å². The zero-order valence-electron chi connectivity index (χ0n) is 9.75. The molecule has 0 aliphatic heterocycles. The van der Waals surface area contributed by atoms with Gasteiger partial charge in [-0.05, 0) is 42.8 Å².